The Labute approximate surface area is 120 Å². The monoisotopic (exact) mass is 276 g/mol. The summed E-state index contributed by atoms with van der Waals surface area (Å²) in [6.07, 6.45) is 5.27. The summed E-state index contributed by atoms with van der Waals surface area (Å²) in [4.78, 5) is 12.1. The predicted octanol–water partition coefficient (Wildman–Crippen LogP) is 2.81. The molecule has 1 aliphatic rings. The van der Waals surface area contributed by atoms with Crippen molar-refractivity contribution in [1.82, 2.24) is 5.32 Å². The van der Waals surface area contributed by atoms with Gasteiger partial charge in [0.05, 0.1) is 18.3 Å². The van der Waals surface area contributed by atoms with Crippen LogP contribution in [0.25, 0.3) is 0 Å². The highest BCUT2D eigenvalue weighted by Crippen LogP contribution is 2.20. The molecule has 0 unspecified atom stereocenters. The van der Waals surface area contributed by atoms with Gasteiger partial charge in [0.1, 0.15) is 0 Å². The quantitative estimate of drug-likeness (QED) is 0.753. The molecule has 0 radical (unpaired) electrons. The number of benzene rings is 1. The Kier molecular flexibility index (Phi) is 5.87. The predicted molar refractivity (Wildman–Crippen MR) is 81.1 cm³/mol. The normalized spacial score (nSPS) is 15.2. The maximum atomic E-state index is 12.1. The van der Waals surface area contributed by atoms with Crippen LogP contribution in [0.3, 0.4) is 0 Å². The lowest BCUT2D eigenvalue weighted by Crippen LogP contribution is -2.29. The third-order valence-electron chi connectivity index (χ3n) is 3.58. The number of carbonyl (C=O) groups excluding carboxylic acids is 1. The zero-order chi connectivity index (χ0) is 14.2. The van der Waals surface area contributed by atoms with Crippen LogP contribution in [0.2, 0.25) is 0 Å². The average molecular weight is 276 g/mol. The van der Waals surface area contributed by atoms with Crippen LogP contribution in [0.4, 0.5) is 5.69 Å². The minimum absolute atomic E-state index is 0.0448. The molecule has 1 aromatic rings. The number of carbonyl (C=O) groups is 1. The first kappa shape index (κ1) is 14.9. The summed E-state index contributed by atoms with van der Waals surface area (Å²) in [6, 6.07) is 7.57. The Hall–Kier alpha value is -1.55. The highest BCUT2D eigenvalue weighted by molar-refractivity contribution is 5.99. The maximum absolute atomic E-state index is 12.1. The lowest BCUT2D eigenvalue weighted by atomic mass is 10.1. The molecule has 0 saturated heterocycles. The number of rotatable bonds is 7. The molecule has 1 saturated carbocycles. The van der Waals surface area contributed by atoms with E-state index in [1.54, 1.807) is 0 Å². The van der Waals surface area contributed by atoms with Crippen molar-refractivity contribution in [3.63, 3.8) is 0 Å². The molecule has 1 aromatic carbocycles. The number of para-hydroxylation sites is 1. The summed E-state index contributed by atoms with van der Waals surface area (Å²) in [6.45, 7) is 3.98. The Morgan fingerprint density at radius 2 is 2.05 bits per heavy atom. The topological polar surface area (TPSA) is 50.4 Å². The summed E-state index contributed by atoms with van der Waals surface area (Å²) in [5.41, 5.74) is 1.57. The highest BCUT2D eigenvalue weighted by Gasteiger charge is 2.15. The molecule has 20 heavy (non-hydrogen) atoms. The van der Waals surface area contributed by atoms with E-state index in [9.17, 15) is 4.79 Å². The van der Waals surface area contributed by atoms with Gasteiger partial charge in [-0.3, -0.25) is 4.79 Å². The average Bonchev–Trinajstić information content (AvgIpc) is 2.97. The van der Waals surface area contributed by atoms with Crippen molar-refractivity contribution in [2.75, 3.05) is 25.0 Å². The Morgan fingerprint density at radius 3 is 2.80 bits per heavy atom. The second-order valence-corrected chi connectivity index (χ2v) is 5.11. The molecule has 1 aliphatic carbocycles. The first-order valence-corrected chi connectivity index (χ1v) is 7.54. The van der Waals surface area contributed by atoms with E-state index in [1.165, 1.54) is 12.8 Å². The van der Waals surface area contributed by atoms with Crippen LogP contribution in [0, 0.1) is 0 Å². The number of hydrogen-bond donors (Lipinski definition) is 2. The largest absolute Gasteiger partial charge is 0.385 e. The van der Waals surface area contributed by atoms with Gasteiger partial charge < -0.3 is 15.4 Å². The van der Waals surface area contributed by atoms with Crippen molar-refractivity contribution in [1.29, 1.82) is 0 Å². The molecule has 0 atom stereocenters. The van der Waals surface area contributed by atoms with Gasteiger partial charge in [-0.1, -0.05) is 25.0 Å². The van der Waals surface area contributed by atoms with Crippen molar-refractivity contribution in [3.05, 3.63) is 29.8 Å². The van der Waals surface area contributed by atoms with Gasteiger partial charge in [0.15, 0.2) is 0 Å². The molecule has 2 rings (SSSR count). The Morgan fingerprint density at radius 1 is 1.30 bits per heavy atom. The first-order chi connectivity index (χ1) is 9.81. The van der Waals surface area contributed by atoms with Crippen molar-refractivity contribution in [2.45, 2.75) is 38.7 Å². The van der Waals surface area contributed by atoms with Crippen molar-refractivity contribution in [3.8, 4) is 0 Å². The maximum Gasteiger partial charge on any atom is 0.253 e. The lowest BCUT2D eigenvalue weighted by Gasteiger charge is -2.13. The Bertz CT molecular complexity index is 428. The van der Waals surface area contributed by atoms with E-state index in [1.807, 2.05) is 31.2 Å². The van der Waals surface area contributed by atoms with Gasteiger partial charge in [-0.05, 0) is 31.9 Å². The molecule has 0 spiro atoms. The summed E-state index contributed by atoms with van der Waals surface area (Å²) in [5, 5.41) is 6.12. The van der Waals surface area contributed by atoms with Crippen LogP contribution in [0.1, 0.15) is 43.0 Å². The van der Waals surface area contributed by atoms with E-state index in [0.29, 0.717) is 24.8 Å². The van der Waals surface area contributed by atoms with Crippen LogP contribution < -0.4 is 10.6 Å². The van der Waals surface area contributed by atoms with E-state index in [-0.39, 0.29) is 5.91 Å². The first-order valence-electron chi connectivity index (χ1n) is 7.54. The minimum atomic E-state index is -0.0448. The number of amides is 1. The molecule has 0 bridgehead atoms. The molecular formula is C16H24N2O2. The summed E-state index contributed by atoms with van der Waals surface area (Å²) >= 11 is 0. The van der Waals surface area contributed by atoms with Crippen LogP contribution in [0.5, 0.6) is 0 Å². The molecule has 1 amide bonds. The lowest BCUT2D eigenvalue weighted by molar-refractivity contribution is 0.0582. The fourth-order valence-electron chi connectivity index (χ4n) is 2.57. The van der Waals surface area contributed by atoms with Gasteiger partial charge in [-0.15, -0.1) is 0 Å². The van der Waals surface area contributed by atoms with Crippen LogP contribution in [-0.4, -0.2) is 31.7 Å². The molecular weight excluding hydrogens is 252 g/mol. The zero-order valence-corrected chi connectivity index (χ0v) is 12.2. The number of anilines is 1. The summed E-state index contributed by atoms with van der Waals surface area (Å²) in [5.74, 6) is -0.0448. The third-order valence-corrected chi connectivity index (χ3v) is 3.58. The Balaban J connectivity index is 1.76. The fourth-order valence-corrected chi connectivity index (χ4v) is 2.57. The van der Waals surface area contributed by atoms with Crippen molar-refractivity contribution >= 4 is 11.6 Å². The summed E-state index contributed by atoms with van der Waals surface area (Å²) in [7, 11) is 0. The third kappa shape index (κ3) is 4.23. The highest BCUT2D eigenvalue weighted by atomic mass is 16.5. The van der Waals surface area contributed by atoms with Gasteiger partial charge in [-0.25, -0.2) is 0 Å². The molecule has 4 nitrogen and oxygen atoms in total. The molecule has 0 heterocycles. The number of nitrogens with one attached hydrogen (secondary N) is 2. The van der Waals surface area contributed by atoms with Crippen LogP contribution in [0.15, 0.2) is 24.3 Å². The van der Waals surface area contributed by atoms with Gasteiger partial charge in [0.2, 0.25) is 0 Å². The molecule has 0 aliphatic heterocycles. The molecule has 4 heteroatoms. The van der Waals surface area contributed by atoms with E-state index in [2.05, 4.69) is 10.6 Å². The van der Waals surface area contributed by atoms with Crippen LogP contribution in [-0.2, 0) is 4.74 Å². The van der Waals surface area contributed by atoms with E-state index >= 15 is 0 Å². The standard InChI is InChI=1S/C16H24N2O2/c1-2-17-15-10-6-5-9-14(15)16(19)18-11-12-20-13-7-3-4-8-13/h5-6,9-10,13,17H,2-4,7-8,11-12H2,1H3,(H,18,19). The minimum Gasteiger partial charge on any atom is -0.385 e. The molecule has 1 fully saturated rings. The molecule has 2 N–H and O–H groups in total. The SMILES string of the molecule is CCNc1ccccc1C(=O)NCCOC1CCCC1. The summed E-state index contributed by atoms with van der Waals surface area (Å²) < 4.78 is 5.74. The van der Waals surface area contributed by atoms with E-state index < -0.39 is 0 Å². The van der Waals surface area contributed by atoms with Crippen LogP contribution >= 0.6 is 0 Å². The smallest absolute Gasteiger partial charge is 0.253 e. The molecule has 0 aromatic heterocycles. The van der Waals surface area contributed by atoms with E-state index in [0.717, 1.165) is 25.1 Å². The van der Waals surface area contributed by atoms with Crippen molar-refractivity contribution < 1.29 is 9.53 Å². The second kappa shape index (κ2) is 7.90. The zero-order valence-electron chi connectivity index (χ0n) is 12.2. The number of ether oxygens (including phenoxy) is 1. The van der Waals surface area contributed by atoms with Gasteiger partial charge >= 0.3 is 0 Å². The molecule has 110 valence electrons. The van der Waals surface area contributed by atoms with Gasteiger partial charge in [-0.2, -0.15) is 0 Å². The van der Waals surface area contributed by atoms with Gasteiger partial charge in [0, 0.05) is 18.8 Å². The number of hydrogen-bond acceptors (Lipinski definition) is 3. The second-order valence-electron chi connectivity index (χ2n) is 5.11. The van der Waals surface area contributed by atoms with Crippen molar-refractivity contribution in [2.24, 2.45) is 0 Å². The van der Waals surface area contributed by atoms with E-state index in [4.69, 9.17) is 4.74 Å². The fraction of sp³-hybridized carbons (Fsp3) is 0.562. The van der Waals surface area contributed by atoms with Gasteiger partial charge in [0.25, 0.3) is 5.91 Å².